The molecule has 13 nitrogen and oxygen atoms in total. The number of nitrogens with two attached hydrogens (primary N) is 3. The van der Waals surface area contributed by atoms with Gasteiger partial charge in [0, 0.05) is 13.0 Å². The topological polar surface area (TPSA) is 239 Å². The molecule has 0 fully saturated rings. The molecule has 0 radical (unpaired) electrons. The lowest BCUT2D eigenvalue weighted by molar-refractivity contribution is -0.142. The molecule has 3 amide bonds. The van der Waals surface area contributed by atoms with Crippen molar-refractivity contribution in [3.63, 3.8) is 0 Å². The molecule has 0 aliphatic heterocycles. The van der Waals surface area contributed by atoms with Gasteiger partial charge in [-0.05, 0) is 56.2 Å². The predicted octanol–water partition coefficient (Wildman–Crippen LogP) is -0.270. The van der Waals surface area contributed by atoms with Crippen molar-refractivity contribution in [3.05, 3.63) is 71.8 Å². The number of carbonyl (C=O) groups excluding carboxylic acids is 3. The number of hydrogen-bond acceptors (Lipinski definition) is 7. The third-order valence-electron chi connectivity index (χ3n) is 6.73. The Bertz CT molecular complexity index is 1180. The molecule has 12 N–H and O–H groups in total. The third kappa shape index (κ3) is 13.4. The number of aliphatic carboxylic acids is 1. The SMILES string of the molecule is N=C(N)NCCC[C@H](NC(=O)[C@@H](N)Cc1ccccc1)C(=O)N[C@@H](CCCCN)C(=O)N[C@@H](Cc1ccccc1)C(=O)O. The molecule has 2 rings (SSSR count). The zero-order valence-corrected chi connectivity index (χ0v) is 24.3. The fourth-order valence-corrected chi connectivity index (χ4v) is 4.39. The minimum absolute atomic E-state index is 0.0620. The maximum absolute atomic E-state index is 13.5. The van der Waals surface area contributed by atoms with E-state index in [1.165, 1.54) is 0 Å². The second kappa shape index (κ2) is 18.8. The van der Waals surface area contributed by atoms with E-state index < -0.39 is 47.9 Å². The van der Waals surface area contributed by atoms with Crippen LogP contribution in [0, 0.1) is 5.41 Å². The second-order valence-electron chi connectivity index (χ2n) is 10.3. The van der Waals surface area contributed by atoms with Crippen LogP contribution in [-0.2, 0) is 32.0 Å². The van der Waals surface area contributed by atoms with Crippen LogP contribution in [0.4, 0.5) is 0 Å². The van der Waals surface area contributed by atoms with Gasteiger partial charge in [-0.25, -0.2) is 4.79 Å². The number of nitrogens with one attached hydrogen (secondary N) is 5. The van der Waals surface area contributed by atoms with Crippen LogP contribution in [0.5, 0.6) is 0 Å². The van der Waals surface area contributed by atoms with Crippen molar-refractivity contribution >= 4 is 29.7 Å². The summed E-state index contributed by atoms with van der Waals surface area (Å²) in [5.41, 5.74) is 18.7. The Kier molecular flexibility index (Phi) is 15.2. The Balaban J connectivity index is 2.15. The normalized spacial score (nSPS) is 13.5. The predicted molar refractivity (Wildman–Crippen MR) is 164 cm³/mol. The molecule has 43 heavy (non-hydrogen) atoms. The first-order chi connectivity index (χ1) is 20.6. The highest BCUT2D eigenvalue weighted by molar-refractivity contribution is 5.94. The van der Waals surface area contributed by atoms with Crippen molar-refractivity contribution in [3.8, 4) is 0 Å². The van der Waals surface area contributed by atoms with E-state index in [-0.39, 0.29) is 38.2 Å². The number of carboxylic acid groups (broad SMARTS) is 1. The van der Waals surface area contributed by atoms with Gasteiger partial charge in [0.05, 0.1) is 6.04 Å². The average Bonchev–Trinajstić information content (AvgIpc) is 2.98. The number of carbonyl (C=O) groups is 4. The van der Waals surface area contributed by atoms with Gasteiger partial charge >= 0.3 is 5.97 Å². The molecule has 0 heterocycles. The number of rotatable bonds is 19. The molecule has 0 spiro atoms. The number of unbranched alkanes of at least 4 members (excludes halogenated alkanes) is 1. The number of hydrogen-bond donors (Lipinski definition) is 9. The van der Waals surface area contributed by atoms with E-state index in [1.807, 2.05) is 30.3 Å². The number of carboxylic acids is 1. The molecule has 13 heteroatoms. The second-order valence-corrected chi connectivity index (χ2v) is 10.3. The lowest BCUT2D eigenvalue weighted by Crippen LogP contribution is -2.57. The van der Waals surface area contributed by atoms with Crippen LogP contribution in [0.25, 0.3) is 0 Å². The Hall–Kier alpha value is -4.49. The van der Waals surface area contributed by atoms with E-state index in [9.17, 15) is 24.3 Å². The Morgan fingerprint density at radius 1 is 0.721 bits per heavy atom. The van der Waals surface area contributed by atoms with Gasteiger partial charge in [-0.3, -0.25) is 19.8 Å². The van der Waals surface area contributed by atoms with Crippen molar-refractivity contribution in [2.75, 3.05) is 13.1 Å². The first-order valence-electron chi connectivity index (χ1n) is 14.4. The van der Waals surface area contributed by atoms with Crippen LogP contribution in [0.3, 0.4) is 0 Å². The summed E-state index contributed by atoms with van der Waals surface area (Å²) in [5, 5.41) is 27.7. The van der Waals surface area contributed by atoms with Crippen molar-refractivity contribution in [1.29, 1.82) is 5.41 Å². The van der Waals surface area contributed by atoms with Crippen LogP contribution in [-0.4, -0.2) is 72.0 Å². The van der Waals surface area contributed by atoms with E-state index in [0.29, 0.717) is 25.8 Å². The monoisotopic (exact) mass is 596 g/mol. The van der Waals surface area contributed by atoms with Gasteiger partial charge in [-0.2, -0.15) is 0 Å². The molecule has 0 aliphatic carbocycles. The minimum atomic E-state index is -1.21. The Labute approximate surface area is 251 Å². The lowest BCUT2D eigenvalue weighted by Gasteiger charge is -2.25. The zero-order chi connectivity index (χ0) is 31.6. The molecule has 0 bridgehead atoms. The summed E-state index contributed by atoms with van der Waals surface area (Å²) in [7, 11) is 0. The van der Waals surface area contributed by atoms with Gasteiger partial charge < -0.3 is 43.6 Å². The molecule has 0 aliphatic rings. The summed E-state index contributed by atoms with van der Waals surface area (Å²) in [6.07, 6.45) is 2.17. The van der Waals surface area contributed by atoms with Crippen LogP contribution >= 0.6 is 0 Å². The van der Waals surface area contributed by atoms with E-state index in [2.05, 4.69) is 21.3 Å². The summed E-state index contributed by atoms with van der Waals surface area (Å²) in [4.78, 5) is 51.7. The van der Waals surface area contributed by atoms with Gasteiger partial charge in [0.25, 0.3) is 0 Å². The van der Waals surface area contributed by atoms with Gasteiger partial charge in [0.1, 0.15) is 18.1 Å². The van der Waals surface area contributed by atoms with E-state index in [1.54, 1.807) is 30.3 Å². The van der Waals surface area contributed by atoms with E-state index in [4.69, 9.17) is 22.6 Å². The molecular weight excluding hydrogens is 552 g/mol. The van der Waals surface area contributed by atoms with Crippen molar-refractivity contribution in [2.24, 2.45) is 17.2 Å². The highest BCUT2D eigenvalue weighted by atomic mass is 16.4. The van der Waals surface area contributed by atoms with Gasteiger partial charge in [0.2, 0.25) is 17.7 Å². The fourth-order valence-electron chi connectivity index (χ4n) is 4.39. The van der Waals surface area contributed by atoms with E-state index in [0.717, 1.165) is 11.1 Å². The largest absolute Gasteiger partial charge is 0.480 e. The summed E-state index contributed by atoms with van der Waals surface area (Å²) < 4.78 is 0. The number of guanidine groups is 1. The zero-order valence-electron chi connectivity index (χ0n) is 24.3. The Morgan fingerprint density at radius 2 is 1.21 bits per heavy atom. The van der Waals surface area contributed by atoms with Gasteiger partial charge in [0.15, 0.2) is 5.96 Å². The van der Waals surface area contributed by atoms with Gasteiger partial charge in [-0.15, -0.1) is 0 Å². The average molecular weight is 597 g/mol. The molecular formula is C30H44N8O5. The first-order valence-corrected chi connectivity index (χ1v) is 14.4. The number of amides is 3. The maximum Gasteiger partial charge on any atom is 0.326 e. The van der Waals surface area contributed by atoms with Crippen LogP contribution < -0.4 is 38.5 Å². The summed E-state index contributed by atoms with van der Waals surface area (Å²) in [6, 6.07) is 13.8. The van der Waals surface area contributed by atoms with Crippen molar-refractivity contribution in [1.82, 2.24) is 21.3 Å². The van der Waals surface area contributed by atoms with Crippen LogP contribution in [0.15, 0.2) is 60.7 Å². The highest BCUT2D eigenvalue weighted by Crippen LogP contribution is 2.08. The summed E-state index contributed by atoms with van der Waals surface area (Å²) in [6.45, 7) is 0.667. The molecule has 0 saturated carbocycles. The molecule has 0 aromatic heterocycles. The number of benzene rings is 2. The van der Waals surface area contributed by atoms with Crippen LogP contribution in [0.1, 0.15) is 43.2 Å². The summed E-state index contributed by atoms with van der Waals surface area (Å²) in [5.74, 6) is -3.25. The van der Waals surface area contributed by atoms with Crippen molar-refractivity contribution in [2.45, 2.75) is 69.1 Å². The Morgan fingerprint density at radius 3 is 1.72 bits per heavy atom. The standard InChI is InChI=1S/C30H44N8O5/c31-16-8-7-14-23(28(41)38-25(29(42)43)19-21-12-5-2-6-13-21)37-27(40)24(15-9-17-35-30(33)34)36-26(39)22(32)18-20-10-3-1-4-11-20/h1-6,10-13,22-25H,7-9,14-19,31-32H2,(H,36,39)(H,37,40)(H,38,41)(H,42,43)(H4,33,34,35)/t22-,23-,24-,25-/m0/s1. The molecule has 234 valence electrons. The molecule has 0 saturated heterocycles. The van der Waals surface area contributed by atoms with Gasteiger partial charge in [-0.1, -0.05) is 60.7 Å². The molecule has 4 atom stereocenters. The minimum Gasteiger partial charge on any atom is -0.480 e. The smallest absolute Gasteiger partial charge is 0.326 e. The molecule has 2 aromatic carbocycles. The quantitative estimate of drug-likeness (QED) is 0.0588. The lowest BCUT2D eigenvalue weighted by atomic mass is 10.0. The highest BCUT2D eigenvalue weighted by Gasteiger charge is 2.30. The molecule has 2 aromatic rings. The molecule has 0 unspecified atom stereocenters. The van der Waals surface area contributed by atoms with Crippen molar-refractivity contribution < 1.29 is 24.3 Å². The van der Waals surface area contributed by atoms with E-state index >= 15 is 0 Å². The first kappa shape index (κ1) is 34.7. The maximum atomic E-state index is 13.5. The summed E-state index contributed by atoms with van der Waals surface area (Å²) >= 11 is 0. The fraction of sp³-hybridized carbons (Fsp3) is 0.433. The van der Waals surface area contributed by atoms with Crippen LogP contribution in [0.2, 0.25) is 0 Å². The third-order valence-corrected chi connectivity index (χ3v) is 6.73.